The maximum absolute atomic E-state index is 12.5. The summed E-state index contributed by atoms with van der Waals surface area (Å²) in [5.74, 6) is 0.243. The molecule has 0 radical (unpaired) electrons. The van der Waals surface area contributed by atoms with Gasteiger partial charge in [0.2, 0.25) is 0 Å². The van der Waals surface area contributed by atoms with Crippen LogP contribution < -0.4 is 10.1 Å². The van der Waals surface area contributed by atoms with Crippen molar-refractivity contribution in [3.8, 4) is 11.4 Å². The summed E-state index contributed by atoms with van der Waals surface area (Å²) in [6.45, 7) is 4.81. The quantitative estimate of drug-likeness (QED) is 0.649. The number of hydrogen-bond acceptors (Lipinski definition) is 3. The van der Waals surface area contributed by atoms with E-state index in [9.17, 15) is 4.79 Å². The summed E-state index contributed by atoms with van der Waals surface area (Å²) < 4.78 is 6.98. The van der Waals surface area contributed by atoms with Gasteiger partial charge in [-0.15, -0.1) is 0 Å². The Morgan fingerprint density at radius 3 is 2.63 bits per heavy atom. The number of carbonyl (C=O) groups excluding carboxylic acids is 1. The molecule has 1 N–H and O–H groups in total. The van der Waals surface area contributed by atoms with Gasteiger partial charge in [-0.2, -0.15) is 5.10 Å². The highest BCUT2D eigenvalue weighted by molar-refractivity contribution is 5.94. The smallest absolute Gasteiger partial charge is 0.275 e. The second-order valence-corrected chi connectivity index (χ2v) is 6.62. The van der Waals surface area contributed by atoms with Gasteiger partial charge in [0.05, 0.1) is 19.0 Å². The molecule has 3 rings (SSSR count). The average molecular weight is 363 g/mol. The summed E-state index contributed by atoms with van der Waals surface area (Å²) in [5.41, 5.74) is 5.06. The molecule has 0 atom stereocenters. The molecular weight excluding hydrogens is 338 g/mol. The van der Waals surface area contributed by atoms with E-state index < -0.39 is 0 Å². The molecule has 0 bridgehead atoms. The first kappa shape index (κ1) is 18.7. The van der Waals surface area contributed by atoms with Crippen LogP contribution in [-0.4, -0.2) is 29.3 Å². The fraction of sp³-hybridized carbons (Fsp3) is 0.273. The number of methoxy groups -OCH3 is 1. The average Bonchev–Trinajstić information content (AvgIpc) is 3.12. The van der Waals surface area contributed by atoms with Crippen LogP contribution in [-0.2, 0) is 6.42 Å². The number of hydrogen-bond donors (Lipinski definition) is 1. The first-order valence-corrected chi connectivity index (χ1v) is 9.12. The number of benzene rings is 2. The zero-order valence-electron chi connectivity index (χ0n) is 16.0. The lowest BCUT2D eigenvalue weighted by Gasteiger charge is -2.08. The maximum Gasteiger partial charge on any atom is 0.275 e. The van der Waals surface area contributed by atoms with Gasteiger partial charge in [0, 0.05) is 6.54 Å². The number of aryl methyl sites for hydroxylation is 3. The fourth-order valence-electron chi connectivity index (χ4n) is 3.07. The lowest BCUT2D eigenvalue weighted by Crippen LogP contribution is -2.25. The van der Waals surface area contributed by atoms with E-state index in [0.29, 0.717) is 18.0 Å². The molecule has 0 unspecified atom stereocenters. The molecule has 0 spiro atoms. The van der Waals surface area contributed by atoms with E-state index in [1.54, 1.807) is 18.0 Å². The van der Waals surface area contributed by atoms with Crippen LogP contribution in [0.25, 0.3) is 5.69 Å². The Morgan fingerprint density at radius 2 is 1.93 bits per heavy atom. The van der Waals surface area contributed by atoms with Gasteiger partial charge in [0.15, 0.2) is 11.4 Å². The molecule has 0 aliphatic carbocycles. The zero-order chi connectivity index (χ0) is 19.2. The van der Waals surface area contributed by atoms with Crippen molar-refractivity contribution in [1.29, 1.82) is 0 Å². The van der Waals surface area contributed by atoms with Crippen LogP contribution in [0.1, 0.15) is 33.6 Å². The number of ether oxygens (including phenoxy) is 1. The molecule has 1 heterocycles. The van der Waals surface area contributed by atoms with E-state index in [4.69, 9.17) is 4.74 Å². The van der Waals surface area contributed by atoms with Gasteiger partial charge in [-0.1, -0.05) is 42.0 Å². The summed E-state index contributed by atoms with van der Waals surface area (Å²) in [6.07, 6.45) is 3.53. The van der Waals surface area contributed by atoms with Crippen molar-refractivity contribution in [2.75, 3.05) is 13.7 Å². The Balaban J connectivity index is 1.60. The van der Waals surface area contributed by atoms with Crippen molar-refractivity contribution in [1.82, 2.24) is 15.1 Å². The monoisotopic (exact) mass is 363 g/mol. The normalized spacial score (nSPS) is 10.6. The number of aromatic nitrogens is 2. The van der Waals surface area contributed by atoms with Crippen molar-refractivity contribution in [2.24, 2.45) is 0 Å². The molecule has 5 nitrogen and oxygen atoms in total. The molecule has 0 saturated heterocycles. The maximum atomic E-state index is 12.5. The number of nitrogens with one attached hydrogen (secondary N) is 1. The van der Waals surface area contributed by atoms with Gasteiger partial charge in [0.25, 0.3) is 5.91 Å². The minimum atomic E-state index is -0.220. The third-order valence-electron chi connectivity index (χ3n) is 4.54. The van der Waals surface area contributed by atoms with Crippen molar-refractivity contribution in [2.45, 2.75) is 26.7 Å². The molecule has 2 aromatic carbocycles. The summed E-state index contributed by atoms with van der Waals surface area (Å²) in [4.78, 5) is 12.5. The summed E-state index contributed by atoms with van der Waals surface area (Å²) in [6, 6.07) is 16.1. The molecule has 5 heteroatoms. The first-order valence-electron chi connectivity index (χ1n) is 9.12. The van der Waals surface area contributed by atoms with Crippen molar-refractivity contribution in [3.05, 3.63) is 77.1 Å². The Hall–Kier alpha value is -3.08. The third kappa shape index (κ3) is 4.56. The van der Waals surface area contributed by atoms with Gasteiger partial charge in [-0.05, 0) is 49.9 Å². The Kier molecular flexibility index (Phi) is 5.91. The van der Waals surface area contributed by atoms with Crippen LogP contribution >= 0.6 is 0 Å². The van der Waals surface area contributed by atoms with Gasteiger partial charge < -0.3 is 10.1 Å². The fourth-order valence-corrected chi connectivity index (χ4v) is 3.07. The highest BCUT2D eigenvalue weighted by Crippen LogP contribution is 2.19. The predicted octanol–water partition coefficient (Wildman–Crippen LogP) is 3.86. The zero-order valence-corrected chi connectivity index (χ0v) is 16.0. The largest absolute Gasteiger partial charge is 0.493 e. The lowest BCUT2D eigenvalue weighted by atomic mass is 10.0. The summed E-state index contributed by atoms with van der Waals surface area (Å²) in [7, 11) is 1.54. The molecule has 3 aromatic rings. The van der Waals surface area contributed by atoms with Crippen molar-refractivity contribution in [3.63, 3.8) is 0 Å². The minimum absolute atomic E-state index is 0.220. The van der Waals surface area contributed by atoms with Crippen LogP contribution in [0, 0.1) is 13.8 Å². The van der Waals surface area contributed by atoms with E-state index in [1.165, 1.54) is 16.7 Å². The van der Waals surface area contributed by atoms with Crippen molar-refractivity contribution < 1.29 is 9.53 Å². The molecule has 140 valence electrons. The molecular formula is C22H25N3O2. The van der Waals surface area contributed by atoms with Gasteiger partial charge in [-0.3, -0.25) is 4.79 Å². The number of nitrogens with zero attached hydrogens (tertiary/aromatic N) is 2. The number of carbonyl (C=O) groups is 1. The second kappa shape index (κ2) is 8.54. The Bertz CT molecular complexity index is 917. The molecule has 1 amide bonds. The lowest BCUT2D eigenvalue weighted by molar-refractivity contribution is 0.0945. The van der Waals surface area contributed by atoms with E-state index in [0.717, 1.165) is 18.5 Å². The standard InChI is InChI=1S/C22H25N3O2/c1-16-11-12-18(17(2)14-16)8-7-13-23-22(26)21-20(27-3)15-25(24-21)19-9-5-4-6-10-19/h4-6,9-12,14-15H,7-8,13H2,1-3H3,(H,23,26). The number of rotatable bonds is 7. The summed E-state index contributed by atoms with van der Waals surface area (Å²) in [5, 5.41) is 7.34. The predicted molar refractivity (Wildman–Crippen MR) is 107 cm³/mol. The summed E-state index contributed by atoms with van der Waals surface area (Å²) >= 11 is 0. The van der Waals surface area contributed by atoms with Crippen LogP contribution in [0.3, 0.4) is 0 Å². The minimum Gasteiger partial charge on any atom is -0.493 e. The number of amides is 1. The third-order valence-corrected chi connectivity index (χ3v) is 4.54. The van der Waals surface area contributed by atoms with Gasteiger partial charge in [-0.25, -0.2) is 4.68 Å². The first-order chi connectivity index (χ1) is 13.1. The molecule has 0 fully saturated rings. The molecule has 0 aliphatic rings. The van der Waals surface area contributed by atoms with Crippen LogP contribution in [0.2, 0.25) is 0 Å². The van der Waals surface area contributed by atoms with E-state index in [1.807, 2.05) is 30.3 Å². The Labute approximate surface area is 160 Å². The molecule has 0 aliphatic heterocycles. The highest BCUT2D eigenvalue weighted by atomic mass is 16.5. The van der Waals surface area contributed by atoms with E-state index >= 15 is 0 Å². The van der Waals surface area contributed by atoms with Crippen molar-refractivity contribution >= 4 is 5.91 Å². The molecule has 1 aromatic heterocycles. The molecule has 0 saturated carbocycles. The number of para-hydroxylation sites is 1. The second-order valence-electron chi connectivity index (χ2n) is 6.62. The van der Waals surface area contributed by atoms with Crippen LogP contribution in [0.15, 0.2) is 54.7 Å². The van der Waals surface area contributed by atoms with E-state index in [2.05, 4.69) is 42.5 Å². The highest BCUT2D eigenvalue weighted by Gasteiger charge is 2.17. The molecule has 27 heavy (non-hydrogen) atoms. The van der Waals surface area contributed by atoms with Gasteiger partial charge in [0.1, 0.15) is 0 Å². The van der Waals surface area contributed by atoms with E-state index in [-0.39, 0.29) is 5.91 Å². The Morgan fingerprint density at radius 1 is 1.15 bits per heavy atom. The van der Waals surface area contributed by atoms with Crippen LogP contribution in [0.4, 0.5) is 0 Å². The topological polar surface area (TPSA) is 56.2 Å². The van der Waals surface area contributed by atoms with Gasteiger partial charge >= 0.3 is 0 Å². The van der Waals surface area contributed by atoms with Crippen LogP contribution in [0.5, 0.6) is 5.75 Å². The SMILES string of the molecule is COc1cn(-c2ccccc2)nc1C(=O)NCCCc1ccc(C)cc1C.